The fourth-order valence-electron chi connectivity index (χ4n) is 1.23. The third-order valence-electron chi connectivity index (χ3n) is 2.17. The summed E-state index contributed by atoms with van der Waals surface area (Å²) < 4.78 is 0. The molecule has 0 aliphatic heterocycles. The van der Waals surface area contributed by atoms with Gasteiger partial charge in [0, 0.05) is 17.9 Å². The third-order valence-corrected chi connectivity index (χ3v) is 3.86. The number of rotatable bonds is 6. The summed E-state index contributed by atoms with van der Waals surface area (Å²) in [6.45, 7) is 4.32. The van der Waals surface area contributed by atoms with Crippen LogP contribution in [0, 0.1) is 5.92 Å². The molecule has 1 heterocycles. The van der Waals surface area contributed by atoms with Crippen molar-refractivity contribution >= 4 is 23.4 Å². The van der Waals surface area contributed by atoms with Gasteiger partial charge in [-0.25, -0.2) is 9.97 Å². The van der Waals surface area contributed by atoms with Crippen LogP contribution in [0.1, 0.15) is 25.8 Å². The van der Waals surface area contributed by atoms with E-state index in [1.54, 1.807) is 11.8 Å². The zero-order chi connectivity index (χ0) is 12.0. The SMILES string of the molecule is CCCc1c(Cl)ncnc1SCC(C)CO. The predicted molar refractivity (Wildman–Crippen MR) is 68.0 cm³/mol. The molecule has 0 saturated heterocycles. The Labute approximate surface area is 106 Å². The average Bonchev–Trinajstić information content (AvgIpc) is 2.29. The quantitative estimate of drug-likeness (QED) is 0.631. The molecular weight excluding hydrogens is 244 g/mol. The molecule has 1 aromatic heterocycles. The molecule has 1 N–H and O–H groups in total. The standard InChI is InChI=1S/C11H17ClN2OS/c1-3-4-9-10(12)13-7-14-11(9)16-6-8(2)5-15/h7-8,15H,3-6H2,1-2H3. The lowest BCUT2D eigenvalue weighted by molar-refractivity contribution is 0.250. The molecule has 0 aliphatic rings. The van der Waals surface area contributed by atoms with E-state index in [-0.39, 0.29) is 12.5 Å². The van der Waals surface area contributed by atoms with E-state index in [1.807, 2.05) is 6.92 Å². The van der Waals surface area contributed by atoms with Crippen molar-refractivity contribution in [2.75, 3.05) is 12.4 Å². The number of aliphatic hydroxyl groups excluding tert-OH is 1. The first kappa shape index (κ1) is 13.7. The molecule has 5 heteroatoms. The summed E-state index contributed by atoms with van der Waals surface area (Å²) >= 11 is 7.68. The van der Waals surface area contributed by atoms with Gasteiger partial charge in [-0.15, -0.1) is 11.8 Å². The van der Waals surface area contributed by atoms with Gasteiger partial charge in [0.1, 0.15) is 16.5 Å². The van der Waals surface area contributed by atoms with Crippen molar-refractivity contribution in [2.45, 2.75) is 31.7 Å². The van der Waals surface area contributed by atoms with Crippen LogP contribution in [-0.2, 0) is 6.42 Å². The fourth-order valence-corrected chi connectivity index (χ4v) is 2.56. The minimum absolute atomic E-state index is 0.203. The van der Waals surface area contributed by atoms with Crippen LogP contribution < -0.4 is 0 Å². The summed E-state index contributed by atoms with van der Waals surface area (Å²) in [6.07, 6.45) is 3.42. The second kappa shape index (κ2) is 7.09. The number of hydrogen-bond acceptors (Lipinski definition) is 4. The number of aliphatic hydroxyl groups is 1. The molecule has 16 heavy (non-hydrogen) atoms. The van der Waals surface area contributed by atoms with Crippen molar-refractivity contribution < 1.29 is 5.11 Å². The zero-order valence-electron chi connectivity index (χ0n) is 9.61. The average molecular weight is 261 g/mol. The van der Waals surface area contributed by atoms with E-state index in [1.165, 1.54) is 6.33 Å². The highest BCUT2D eigenvalue weighted by molar-refractivity contribution is 7.99. The van der Waals surface area contributed by atoms with Gasteiger partial charge < -0.3 is 5.11 Å². The minimum Gasteiger partial charge on any atom is -0.396 e. The van der Waals surface area contributed by atoms with Crippen molar-refractivity contribution in [3.05, 3.63) is 17.0 Å². The highest BCUT2D eigenvalue weighted by atomic mass is 35.5. The van der Waals surface area contributed by atoms with E-state index in [9.17, 15) is 0 Å². The van der Waals surface area contributed by atoms with Crippen molar-refractivity contribution in [3.63, 3.8) is 0 Å². The number of nitrogens with zero attached hydrogens (tertiary/aromatic N) is 2. The molecule has 0 spiro atoms. The number of aromatic nitrogens is 2. The first-order valence-electron chi connectivity index (χ1n) is 5.42. The van der Waals surface area contributed by atoms with Crippen molar-refractivity contribution in [1.82, 2.24) is 9.97 Å². The molecule has 0 radical (unpaired) electrons. The second-order valence-electron chi connectivity index (χ2n) is 3.80. The Kier molecular flexibility index (Phi) is 6.09. The lowest BCUT2D eigenvalue weighted by Crippen LogP contribution is -2.04. The predicted octanol–water partition coefficient (Wildman–Crippen LogP) is 2.80. The molecule has 0 bridgehead atoms. The van der Waals surface area contributed by atoms with Gasteiger partial charge in [-0.05, 0) is 12.3 Å². The van der Waals surface area contributed by atoms with Gasteiger partial charge in [0.15, 0.2) is 0 Å². The topological polar surface area (TPSA) is 46.0 Å². The summed E-state index contributed by atoms with van der Waals surface area (Å²) in [5.41, 5.74) is 1.03. The Morgan fingerprint density at radius 1 is 1.50 bits per heavy atom. The second-order valence-corrected chi connectivity index (χ2v) is 5.16. The minimum atomic E-state index is 0.203. The molecule has 90 valence electrons. The molecule has 1 aromatic rings. The Hall–Kier alpha value is -0.320. The highest BCUT2D eigenvalue weighted by Crippen LogP contribution is 2.27. The number of thioether (sulfide) groups is 1. The smallest absolute Gasteiger partial charge is 0.136 e. The summed E-state index contributed by atoms with van der Waals surface area (Å²) in [7, 11) is 0. The van der Waals surface area contributed by atoms with Gasteiger partial charge in [-0.3, -0.25) is 0 Å². The van der Waals surface area contributed by atoms with Crippen molar-refractivity contribution in [2.24, 2.45) is 5.92 Å². The summed E-state index contributed by atoms with van der Waals surface area (Å²) in [5.74, 6) is 1.12. The lowest BCUT2D eigenvalue weighted by atomic mass is 10.2. The van der Waals surface area contributed by atoms with Gasteiger partial charge >= 0.3 is 0 Å². The molecule has 0 aliphatic carbocycles. The van der Waals surface area contributed by atoms with Gasteiger partial charge in [0.25, 0.3) is 0 Å². The van der Waals surface area contributed by atoms with Crippen LogP contribution in [0.3, 0.4) is 0 Å². The maximum Gasteiger partial charge on any atom is 0.136 e. The van der Waals surface area contributed by atoms with Crippen LogP contribution in [0.2, 0.25) is 5.15 Å². The Balaban J connectivity index is 2.74. The van der Waals surface area contributed by atoms with Gasteiger partial charge in [-0.2, -0.15) is 0 Å². The van der Waals surface area contributed by atoms with Gasteiger partial charge in [0.05, 0.1) is 0 Å². The maximum absolute atomic E-state index is 8.97. The largest absolute Gasteiger partial charge is 0.396 e. The van der Waals surface area contributed by atoms with Crippen LogP contribution >= 0.6 is 23.4 Å². The van der Waals surface area contributed by atoms with Crippen LogP contribution in [-0.4, -0.2) is 27.4 Å². The third kappa shape index (κ3) is 3.92. The van der Waals surface area contributed by atoms with Gasteiger partial charge in [-0.1, -0.05) is 31.9 Å². The molecule has 0 amide bonds. The highest BCUT2D eigenvalue weighted by Gasteiger charge is 2.10. The molecule has 1 atom stereocenters. The van der Waals surface area contributed by atoms with E-state index in [0.29, 0.717) is 5.15 Å². The van der Waals surface area contributed by atoms with Crippen LogP contribution in [0.5, 0.6) is 0 Å². The number of halogens is 1. The molecule has 1 rings (SSSR count). The Morgan fingerprint density at radius 2 is 2.25 bits per heavy atom. The van der Waals surface area contributed by atoms with E-state index in [0.717, 1.165) is 29.2 Å². The van der Waals surface area contributed by atoms with E-state index >= 15 is 0 Å². The summed E-state index contributed by atoms with van der Waals surface area (Å²) in [6, 6.07) is 0. The molecular formula is C11H17ClN2OS. The monoisotopic (exact) mass is 260 g/mol. The molecule has 0 saturated carbocycles. The summed E-state index contributed by atoms with van der Waals surface area (Å²) in [5, 5.41) is 10.5. The van der Waals surface area contributed by atoms with Crippen LogP contribution in [0.15, 0.2) is 11.4 Å². The van der Waals surface area contributed by atoms with E-state index in [2.05, 4.69) is 16.9 Å². The molecule has 1 unspecified atom stereocenters. The Bertz CT molecular complexity index is 336. The Morgan fingerprint density at radius 3 is 2.88 bits per heavy atom. The molecule has 0 aromatic carbocycles. The lowest BCUT2D eigenvalue weighted by Gasteiger charge is -2.10. The van der Waals surface area contributed by atoms with E-state index in [4.69, 9.17) is 16.7 Å². The first-order chi connectivity index (χ1) is 7.69. The van der Waals surface area contributed by atoms with Crippen LogP contribution in [0.25, 0.3) is 0 Å². The van der Waals surface area contributed by atoms with Crippen LogP contribution in [0.4, 0.5) is 0 Å². The van der Waals surface area contributed by atoms with Crippen molar-refractivity contribution in [3.8, 4) is 0 Å². The maximum atomic E-state index is 8.97. The fraction of sp³-hybridized carbons (Fsp3) is 0.636. The molecule has 3 nitrogen and oxygen atoms in total. The zero-order valence-corrected chi connectivity index (χ0v) is 11.2. The van der Waals surface area contributed by atoms with E-state index < -0.39 is 0 Å². The van der Waals surface area contributed by atoms with Crippen molar-refractivity contribution in [1.29, 1.82) is 0 Å². The van der Waals surface area contributed by atoms with Gasteiger partial charge in [0.2, 0.25) is 0 Å². The molecule has 0 fully saturated rings. The normalized spacial score (nSPS) is 12.8. The first-order valence-corrected chi connectivity index (χ1v) is 6.78. The summed E-state index contributed by atoms with van der Waals surface area (Å²) in [4.78, 5) is 8.25. The number of hydrogen-bond donors (Lipinski definition) is 1.